The molecule has 1 amide bonds. The highest BCUT2D eigenvalue weighted by Crippen LogP contribution is 2.44. The molecule has 0 unspecified atom stereocenters. The second-order valence-electron chi connectivity index (χ2n) is 8.63. The van der Waals surface area contributed by atoms with Crippen molar-refractivity contribution in [3.8, 4) is 11.1 Å². The van der Waals surface area contributed by atoms with Gasteiger partial charge in [-0.05, 0) is 46.9 Å². The van der Waals surface area contributed by atoms with E-state index < -0.39 is 12.1 Å². The second kappa shape index (κ2) is 8.90. The van der Waals surface area contributed by atoms with E-state index in [0.29, 0.717) is 19.6 Å². The number of carboxylic acids is 1. The van der Waals surface area contributed by atoms with Crippen molar-refractivity contribution >= 4 is 12.1 Å². The molecule has 1 fully saturated rings. The molecule has 2 aromatic carbocycles. The molecule has 0 bridgehead atoms. The first-order valence-corrected chi connectivity index (χ1v) is 10.9. The van der Waals surface area contributed by atoms with Gasteiger partial charge in [-0.2, -0.15) is 0 Å². The number of rotatable bonds is 7. The van der Waals surface area contributed by atoms with Gasteiger partial charge in [-0.1, -0.05) is 67.8 Å². The number of nitrogens with one attached hydrogen (secondary N) is 1. The Kier molecular flexibility index (Phi) is 6.07. The summed E-state index contributed by atoms with van der Waals surface area (Å²) in [5, 5.41) is 12.1. The molecule has 0 spiro atoms. The van der Waals surface area contributed by atoms with Crippen LogP contribution in [-0.2, 0) is 9.53 Å². The molecule has 2 aliphatic rings. The van der Waals surface area contributed by atoms with Crippen molar-refractivity contribution in [1.82, 2.24) is 5.32 Å². The first kappa shape index (κ1) is 20.5. The third-order valence-corrected chi connectivity index (χ3v) is 6.71. The van der Waals surface area contributed by atoms with Crippen LogP contribution in [-0.4, -0.2) is 30.3 Å². The highest BCUT2D eigenvalue weighted by atomic mass is 16.5. The fourth-order valence-corrected chi connectivity index (χ4v) is 5.22. The summed E-state index contributed by atoms with van der Waals surface area (Å²) in [6.07, 6.45) is 5.58. The van der Waals surface area contributed by atoms with Crippen molar-refractivity contribution in [3.63, 3.8) is 0 Å². The molecule has 30 heavy (non-hydrogen) atoms. The molecule has 0 heterocycles. The Morgan fingerprint density at radius 2 is 1.57 bits per heavy atom. The van der Waals surface area contributed by atoms with Gasteiger partial charge in [0, 0.05) is 12.5 Å². The Morgan fingerprint density at radius 1 is 0.967 bits per heavy atom. The van der Waals surface area contributed by atoms with Crippen LogP contribution in [0.5, 0.6) is 0 Å². The Hall–Kier alpha value is -2.82. The molecule has 0 aromatic heterocycles. The van der Waals surface area contributed by atoms with Gasteiger partial charge in [-0.15, -0.1) is 0 Å². The quantitative estimate of drug-likeness (QED) is 0.649. The molecule has 5 nitrogen and oxygen atoms in total. The smallest absolute Gasteiger partial charge is 0.407 e. The van der Waals surface area contributed by atoms with Crippen molar-refractivity contribution in [1.29, 1.82) is 0 Å². The first-order chi connectivity index (χ1) is 14.6. The molecular formula is C25H29NO4. The summed E-state index contributed by atoms with van der Waals surface area (Å²) in [6, 6.07) is 16.5. The van der Waals surface area contributed by atoms with E-state index in [9.17, 15) is 14.7 Å². The number of benzene rings is 2. The summed E-state index contributed by atoms with van der Waals surface area (Å²) >= 11 is 0. The summed E-state index contributed by atoms with van der Waals surface area (Å²) in [5.74, 6) is -0.710. The predicted molar refractivity (Wildman–Crippen MR) is 115 cm³/mol. The summed E-state index contributed by atoms with van der Waals surface area (Å²) in [4.78, 5) is 23.7. The van der Waals surface area contributed by atoms with Gasteiger partial charge >= 0.3 is 12.1 Å². The lowest BCUT2D eigenvalue weighted by Gasteiger charge is -2.36. The van der Waals surface area contributed by atoms with Gasteiger partial charge in [0.05, 0.1) is 6.42 Å². The Labute approximate surface area is 177 Å². The van der Waals surface area contributed by atoms with E-state index >= 15 is 0 Å². The van der Waals surface area contributed by atoms with Gasteiger partial charge < -0.3 is 15.2 Å². The number of alkyl carbamates (subject to hydrolysis) is 1. The molecule has 2 aliphatic carbocycles. The van der Waals surface area contributed by atoms with Crippen LogP contribution in [0.1, 0.15) is 62.0 Å². The zero-order valence-corrected chi connectivity index (χ0v) is 17.2. The average molecular weight is 408 g/mol. The Morgan fingerprint density at radius 3 is 2.17 bits per heavy atom. The lowest BCUT2D eigenvalue weighted by molar-refractivity contribution is -0.140. The van der Waals surface area contributed by atoms with Crippen molar-refractivity contribution in [2.45, 2.75) is 50.9 Å². The molecular weight excluding hydrogens is 378 g/mol. The molecule has 0 atom stereocenters. The molecule has 158 valence electrons. The fourth-order valence-electron chi connectivity index (χ4n) is 5.22. The van der Waals surface area contributed by atoms with Gasteiger partial charge in [0.1, 0.15) is 6.61 Å². The summed E-state index contributed by atoms with van der Waals surface area (Å²) < 4.78 is 5.58. The molecule has 0 radical (unpaired) electrons. The van der Waals surface area contributed by atoms with Crippen molar-refractivity contribution in [2.75, 3.05) is 13.2 Å². The zero-order valence-electron chi connectivity index (χ0n) is 17.2. The number of amides is 1. The van der Waals surface area contributed by atoms with E-state index in [1.165, 1.54) is 28.7 Å². The van der Waals surface area contributed by atoms with Crippen LogP contribution in [0, 0.1) is 5.41 Å². The van der Waals surface area contributed by atoms with Crippen LogP contribution in [0.25, 0.3) is 11.1 Å². The highest BCUT2D eigenvalue weighted by molar-refractivity contribution is 5.79. The molecule has 4 rings (SSSR count). The third kappa shape index (κ3) is 4.35. The fraction of sp³-hybridized carbons (Fsp3) is 0.440. The maximum atomic E-state index is 12.3. The van der Waals surface area contributed by atoms with Crippen molar-refractivity contribution < 1.29 is 19.4 Å². The van der Waals surface area contributed by atoms with Gasteiger partial charge in [-0.25, -0.2) is 4.79 Å². The number of ether oxygens (including phenoxy) is 1. The summed E-state index contributed by atoms with van der Waals surface area (Å²) in [6.45, 7) is 0.740. The van der Waals surface area contributed by atoms with Gasteiger partial charge in [0.25, 0.3) is 0 Å². The zero-order chi connectivity index (χ0) is 21.0. The van der Waals surface area contributed by atoms with E-state index in [-0.39, 0.29) is 17.8 Å². The number of carbonyl (C=O) groups excluding carboxylic acids is 1. The van der Waals surface area contributed by atoms with E-state index in [2.05, 4.69) is 29.6 Å². The second-order valence-corrected chi connectivity index (χ2v) is 8.63. The lowest BCUT2D eigenvalue weighted by Crippen LogP contribution is -2.34. The lowest BCUT2D eigenvalue weighted by atomic mass is 9.69. The molecule has 0 aliphatic heterocycles. The number of fused-ring (bicyclic) bond motifs is 3. The minimum Gasteiger partial charge on any atom is -0.481 e. The van der Waals surface area contributed by atoms with Crippen molar-refractivity contribution in [2.24, 2.45) is 5.41 Å². The van der Waals surface area contributed by atoms with Gasteiger partial charge in [0.2, 0.25) is 0 Å². The van der Waals surface area contributed by atoms with Gasteiger partial charge in [0.15, 0.2) is 0 Å². The minimum absolute atomic E-state index is 0.0415. The van der Waals surface area contributed by atoms with Crippen LogP contribution in [0.2, 0.25) is 0 Å². The number of carbonyl (C=O) groups is 2. The first-order valence-electron chi connectivity index (χ1n) is 10.9. The number of aliphatic carboxylic acids is 1. The molecule has 0 saturated heterocycles. The summed E-state index contributed by atoms with van der Waals surface area (Å²) in [5.41, 5.74) is 4.59. The van der Waals surface area contributed by atoms with E-state index in [1.807, 2.05) is 24.3 Å². The maximum absolute atomic E-state index is 12.3. The SMILES string of the molecule is O=C(O)CC1(CCNC(=O)OCC2c3ccccc3-c3ccccc32)CCCCC1. The van der Waals surface area contributed by atoms with Crippen LogP contribution < -0.4 is 5.32 Å². The monoisotopic (exact) mass is 407 g/mol. The highest BCUT2D eigenvalue weighted by Gasteiger charge is 2.34. The minimum atomic E-state index is -0.752. The normalized spacial score (nSPS) is 17.1. The van der Waals surface area contributed by atoms with Crippen molar-refractivity contribution in [3.05, 3.63) is 59.7 Å². The topological polar surface area (TPSA) is 75.6 Å². The van der Waals surface area contributed by atoms with Crippen LogP contribution in [0.4, 0.5) is 4.79 Å². The largest absolute Gasteiger partial charge is 0.481 e. The molecule has 2 N–H and O–H groups in total. The number of hydrogen-bond donors (Lipinski definition) is 2. The van der Waals surface area contributed by atoms with E-state index in [0.717, 1.165) is 25.7 Å². The maximum Gasteiger partial charge on any atom is 0.407 e. The Bertz CT molecular complexity index is 871. The summed E-state index contributed by atoms with van der Waals surface area (Å²) in [7, 11) is 0. The van der Waals surface area contributed by atoms with Gasteiger partial charge in [-0.3, -0.25) is 4.79 Å². The number of hydrogen-bond acceptors (Lipinski definition) is 3. The standard InChI is InChI=1S/C25H29NO4/c27-23(28)16-25(12-6-1-7-13-25)14-15-26-24(29)30-17-22-20-10-4-2-8-18(20)19-9-3-5-11-21(19)22/h2-5,8-11,22H,1,6-7,12-17H2,(H,26,29)(H,27,28). The molecule has 1 saturated carbocycles. The number of carboxylic acid groups (broad SMARTS) is 1. The average Bonchev–Trinajstić information content (AvgIpc) is 3.06. The van der Waals surface area contributed by atoms with Crippen LogP contribution in [0.15, 0.2) is 48.5 Å². The van der Waals surface area contributed by atoms with Crippen LogP contribution in [0.3, 0.4) is 0 Å². The predicted octanol–water partition coefficient (Wildman–Crippen LogP) is 5.34. The Balaban J connectivity index is 1.33. The molecule has 2 aromatic rings. The molecule has 5 heteroatoms. The van der Waals surface area contributed by atoms with E-state index in [4.69, 9.17) is 4.74 Å². The third-order valence-electron chi connectivity index (χ3n) is 6.71. The van der Waals surface area contributed by atoms with E-state index in [1.54, 1.807) is 0 Å². The van der Waals surface area contributed by atoms with Crippen LogP contribution >= 0.6 is 0 Å².